The summed E-state index contributed by atoms with van der Waals surface area (Å²) in [6.45, 7) is 10.1. The first-order valence-electron chi connectivity index (χ1n) is 26.4. The van der Waals surface area contributed by atoms with Crippen LogP contribution in [0.5, 0.6) is 0 Å². The van der Waals surface area contributed by atoms with Crippen molar-refractivity contribution in [1.82, 2.24) is 4.57 Å². The zero-order valence-corrected chi connectivity index (χ0v) is 43.0. The molecule has 0 spiro atoms. The molecule has 0 saturated heterocycles. The molecule has 13 aromatic rings. The molecule has 0 fully saturated rings. The molecule has 1 aromatic heterocycles. The van der Waals surface area contributed by atoms with Gasteiger partial charge in [0.25, 0.3) is 0 Å². The molecular formula is C74H57N. The maximum atomic E-state index is 2.45. The molecule has 75 heavy (non-hydrogen) atoms. The minimum atomic E-state index is 0.0808. The molecule has 0 bridgehead atoms. The van der Waals surface area contributed by atoms with E-state index in [1.165, 1.54) is 138 Å². The van der Waals surface area contributed by atoms with E-state index in [0.29, 0.717) is 0 Å². The van der Waals surface area contributed by atoms with Gasteiger partial charge in [-0.05, 0) is 165 Å². The molecule has 13 rings (SSSR count). The molecule has 1 nitrogen and oxygen atoms in total. The van der Waals surface area contributed by atoms with Gasteiger partial charge in [0, 0.05) is 28.4 Å². The Labute approximate surface area is 440 Å². The van der Waals surface area contributed by atoms with E-state index in [1.807, 2.05) is 0 Å². The number of nitrogens with zero attached hydrogens (tertiary/aromatic N) is 1. The van der Waals surface area contributed by atoms with E-state index < -0.39 is 0 Å². The molecular weight excluding hydrogens is 903 g/mol. The Bertz CT molecular complexity index is 4220. The summed E-state index contributed by atoms with van der Waals surface area (Å²) in [4.78, 5) is 0. The smallest absolute Gasteiger partial charge is 0.0491 e. The van der Waals surface area contributed by atoms with Crippen LogP contribution in [0.1, 0.15) is 33.3 Å². The number of benzene rings is 12. The molecule has 12 aromatic carbocycles. The number of fused-ring (bicyclic) bond motifs is 5. The average molecular weight is 960 g/mol. The Morgan fingerprint density at radius 3 is 0.907 bits per heavy atom. The number of aromatic nitrogens is 1. The molecule has 0 amide bonds. The van der Waals surface area contributed by atoms with Crippen molar-refractivity contribution in [2.45, 2.75) is 39.7 Å². The maximum absolute atomic E-state index is 2.45. The highest BCUT2D eigenvalue weighted by Gasteiger charge is 2.21. The summed E-state index contributed by atoms with van der Waals surface area (Å²) in [6.07, 6.45) is 0. The van der Waals surface area contributed by atoms with Gasteiger partial charge in [0.2, 0.25) is 0 Å². The van der Waals surface area contributed by atoms with Crippen LogP contribution < -0.4 is 0 Å². The lowest BCUT2D eigenvalue weighted by Gasteiger charge is -2.20. The van der Waals surface area contributed by atoms with E-state index in [1.54, 1.807) is 0 Å². The van der Waals surface area contributed by atoms with Gasteiger partial charge in [-0.15, -0.1) is 0 Å². The van der Waals surface area contributed by atoms with E-state index in [-0.39, 0.29) is 5.41 Å². The van der Waals surface area contributed by atoms with Crippen molar-refractivity contribution < 1.29 is 0 Å². The Balaban J connectivity index is 0.910. The highest BCUT2D eigenvalue weighted by molar-refractivity contribution is 6.22. The van der Waals surface area contributed by atoms with E-state index in [2.05, 4.69) is 293 Å². The second-order valence-corrected chi connectivity index (χ2v) is 21.1. The summed E-state index contributed by atoms with van der Waals surface area (Å²) < 4.78 is 2.45. The van der Waals surface area contributed by atoms with Gasteiger partial charge in [0.05, 0.1) is 0 Å². The van der Waals surface area contributed by atoms with Crippen molar-refractivity contribution >= 4 is 43.4 Å². The number of hydrogen-bond donors (Lipinski definition) is 0. The van der Waals surface area contributed by atoms with Gasteiger partial charge in [-0.2, -0.15) is 0 Å². The van der Waals surface area contributed by atoms with Crippen molar-refractivity contribution in [1.29, 1.82) is 0 Å². The van der Waals surface area contributed by atoms with E-state index >= 15 is 0 Å². The molecule has 0 N–H and O–H groups in total. The molecule has 358 valence electrons. The zero-order chi connectivity index (χ0) is 50.6. The SMILES string of the molecule is CCn1c2ccc(-c3ccc(-c4ccc(-c5c6ccc(-c7ccccc7)cc6c(-c6ccc(-c7ccc(-c8ccccc8)cc7)cc6)c6ccc(-c7ccccc7)cc56)cc4)cc3)cc2c2cc(C(C)(C)C)ccc21. The van der Waals surface area contributed by atoms with Crippen molar-refractivity contribution in [3.05, 3.63) is 266 Å². The van der Waals surface area contributed by atoms with Crippen LogP contribution in [0.3, 0.4) is 0 Å². The second-order valence-electron chi connectivity index (χ2n) is 21.1. The first-order chi connectivity index (χ1) is 36.8. The van der Waals surface area contributed by atoms with Crippen molar-refractivity contribution in [3.63, 3.8) is 0 Å². The van der Waals surface area contributed by atoms with Crippen LogP contribution >= 0.6 is 0 Å². The van der Waals surface area contributed by atoms with Crippen molar-refractivity contribution in [3.8, 4) is 89.0 Å². The quantitative estimate of drug-likeness (QED) is 0.127. The third-order valence-electron chi connectivity index (χ3n) is 15.6. The van der Waals surface area contributed by atoms with Crippen LogP contribution in [-0.2, 0) is 12.0 Å². The molecule has 0 radical (unpaired) electrons. The number of hydrogen-bond acceptors (Lipinski definition) is 0. The molecule has 0 atom stereocenters. The molecule has 0 saturated carbocycles. The number of aryl methyl sites for hydroxylation is 1. The third kappa shape index (κ3) is 8.41. The van der Waals surface area contributed by atoms with Crippen LogP contribution in [0.2, 0.25) is 0 Å². The summed E-state index contributed by atoms with van der Waals surface area (Å²) in [5.74, 6) is 0. The fourth-order valence-electron chi connectivity index (χ4n) is 11.6. The summed E-state index contributed by atoms with van der Waals surface area (Å²) in [5, 5.41) is 7.57. The molecule has 0 aliphatic heterocycles. The topological polar surface area (TPSA) is 4.93 Å². The highest BCUT2D eigenvalue weighted by Crippen LogP contribution is 2.47. The summed E-state index contributed by atoms with van der Waals surface area (Å²) >= 11 is 0. The van der Waals surface area contributed by atoms with Crippen LogP contribution in [0.25, 0.3) is 132 Å². The number of rotatable bonds is 9. The summed E-state index contributed by atoms with van der Waals surface area (Å²) in [5.41, 5.74) is 23.4. The lowest BCUT2D eigenvalue weighted by Crippen LogP contribution is -2.10. The maximum Gasteiger partial charge on any atom is 0.0491 e. The first-order valence-corrected chi connectivity index (χ1v) is 26.4. The predicted octanol–water partition coefficient (Wildman–Crippen LogP) is 20.8. The Morgan fingerprint density at radius 2 is 0.533 bits per heavy atom. The van der Waals surface area contributed by atoms with E-state index in [4.69, 9.17) is 0 Å². The standard InChI is InChI=1S/C74H57N/c1-5-75-70-43-39-62(45-66(70)67-48-63(74(2,3)4)40-44-71(67)75)57-27-25-54(26-28-57)56-31-35-59(36-32-56)73-65-42-38-60(50-17-11-7-12-18-50)46-68(65)72(64-41-37-61(47-69(64)73)51-19-13-8-14-20-51)58-33-29-55(30-34-58)53-23-21-52(22-24-53)49-15-9-6-10-16-49/h6-48H,5H2,1-4H3. The van der Waals surface area contributed by atoms with E-state index in [0.717, 1.165) is 6.54 Å². The lowest BCUT2D eigenvalue weighted by molar-refractivity contribution is 0.591. The van der Waals surface area contributed by atoms with Gasteiger partial charge in [-0.3, -0.25) is 0 Å². The highest BCUT2D eigenvalue weighted by atomic mass is 15.0. The molecule has 0 aliphatic rings. The van der Waals surface area contributed by atoms with E-state index in [9.17, 15) is 0 Å². The van der Waals surface area contributed by atoms with Gasteiger partial charge in [0.1, 0.15) is 0 Å². The average Bonchev–Trinajstić information content (AvgIpc) is 3.79. The molecule has 0 unspecified atom stereocenters. The van der Waals surface area contributed by atoms with Crippen molar-refractivity contribution in [2.24, 2.45) is 0 Å². The largest absolute Gasteiger partial charge is 0.341 e. The fraction of sp³-hybridized carbons (Fsp3) is 0.0811. The van der Waals surface area contributed by atoms with Crippen LogP contribution in [0, 0.1) is 0 Å². The van der Waals surface area contributed by atoms with Crippen LogP contribution in [0.15, 0.2) is 261 Å². The molecule has 1 heteroatoms. The monoisotopic (exact) mass is 959 g/mol. The lowest BCUT2D eigenvalue weighted by atomic mass is 9.83. The first kappa shape index (κ1) is 45.8. The Hall–Kier alpha value is -9.04. The second kappa shape index (κ2) is 18.8. The normalized spacial score (nSPS) is 11.8. The Kier molecular flexibility index (Phi) is 11.5. The third-order valence-corrected chi connectivity index (χ3v) is 15.6. The molecule has 0 aliphatic carbocycles. The minimum Gasteiger partial charge on any atom is -0.341 e. The Morgan fingerprint density at radius 1 is 0.253 bits per heavy atom. The summed E-state index contributed by atoms with van der Waals surface area (Å²) in [6, 6.07) is 96.9. The van der Waals surface area contributed by atoms with Crippen LogP contribution in [0.4, 0.5) is 0 Å². The van der Waals surface area contributed by atoms with Crippen LogP contribution in [-0.4, -0.2) is 4.57 Å². The fourth-order valence-corrected chi connectivity index (χ4v) is 11.6. The minimum absolute atomic E-state index is 0.0808. The van der Waals surface area contributed by atoms with Gasteiger partial charge in [-0.25, -0.2) is 0 Å². The van der Waals surface area contributed by atoms with Gasteiger partial charge >= 0.3 is 0 Å². The van der Waals surface area contributed by atoms with Gasteiger partial charge < -0.3 is 4.57 Å². The molecule has 1 heterocycles. The van der Waals surface area contributed by atoms with Crippen molar-refractivity contribution in [2.75, 3.05) is 0 Å². The van der Waals surface area contributed by atoms with Gasteiger partial charge in [0.15, 0.2) is 0 Å². The van der Waals surface area contributed by atoms with Gasteiger partial charge in [-0.1, -0.05) is 245 Å². The summed E-state index contributed by atoms with van der Waals surface area (Å²) in [7, 11) is 0. The predicted molar refractivity (Wildman–Crippen MR) is 322 cm³/mol. The zero-order valence-electron chi connectivity index (χ0n) is 43.0.